The van der Waals surface area contributed by atoms with Gasteiger partial charge in [0.05, 0.1) is 5.69 Å². The van der Waals surface area contributed by atoms with Crippen LogP contribution < -0.4 is 0 Å². The molecule has 0 unspecified atom stereocenters. The first-order valence-electron chi connectivity index (χ1n) is 8.93. The average molecular weight is 326 g/mol. The summed E-state index contributed by atoms with van der Waals surface area (Å²) < 4.78 is 1.82. The number of hydrogen-bond acceptors (Lipinski definition) is 3. The Hall–Kier alpha value is -2.17. The lowest BCUT2D eigenvalue weighted by molar-refractivity contribution is 0.0601. The van der Waals surface area contributed by atoms with E-state index in [1.807, 2.05) is 47.8 Å². The van der Waals surface area contributed by atoms with Gasteiger partial charge in [-0.2, -0.15) is 5.10 Å². The molecule has 3 rings (SSSR count). The number of amides is 1. The molecule has 1 aliphatic rings. The number of pyridine rings is 1. The van der Waals surface area contributed by atoms with Gasteiger partial charge in [-0.1, -0.05) is 25.3 Å². The lowest BCUT2D eigenvalue weighted by Gasteiger charge is -2.34. The molecule has 5 heteroatoms. The number of carbonyl (C=O) groups is 1. The molecule has 0 aromatic carbocycles. The SMILES string of the molecule is CCn1nc(C)cc1C(=O)N(Cc1cccnc1)C1CCCCC1. The predicted octanol–water partition coefficient (Wildman–Crippen LogP) is 3.58. The minimum atomic E-state index is 0.0909. The highest BCUT2D eigenvalue weighted by Gasteiger charge is 2.28. The van der Waals surface area contributed by atoms with Gasteiger partial charge in [0, 0.05) is 31.5 Å². The van der Waals surface area contributed by atoms with Crippen molar-refractivity contribution in [1.29, 1.82) is 0 Å². The summed E-state index contributed by atoms with van der Waals surface area (Å²) in [6.45, 7) is 5.29. The van der Waals surface area contributed by atoms with Gasteiger partial charge in [0.15, 0.2) is 0 Å². The Bertz CT molecular complexity index is 674. The molecule has 2 heterocycles. The van der Waals surface area contributed by atoms with Gasteiger partial charge >= 0.3 is 0 Å². The third kappa shape index (κ3) is 3.66. The molecule has 0 aliphatic heterocycles. The van der Waals surface area contributed by atoms with Crippen LogP contribution in [-0.4, -0.2) is 31.6 Å². The monoisotopic (exact) mass is 326 g/mol. The van der Waals surface area contributed by atoms with Crippen LogP contribution in [0.3, 0.4) is 0 Å². The first kappa shape index (κ1) is 16.7. The fraction of sp³-hybridized carbons (Fsp3) is 0.526. The molecule has 0 N–H and O–H groups in total. The minimum Gasteiger partial charge on any atom is -0.330 e. The van der Waals surface area contributed by atoms with Crippen molar-refractivity contribution >= 4 is 5.91 Å². The van der Waals surface area contributed by atoms with Gasteiger partial charge in [0.1, 0.15) is 5.69 Å². The Kier molecular flexibility index (Phi) is 5.28. The standard InChI is InChI=1S/C19H26N4O/c1-3-23-18(12-15(2)21-23)19(24)22(17-9-5-4-6-10-17)14-16-8-7-11-20-13-16/h7-8,11-13,17H,3-6,9-10,14H2,1-2H3. The van der Waals surface area contributed by atoms with Crippen LogP contribution in [0.5, 0.6) is 0 Å². The molecule has 2 aromatic rings. The van der Waals surface area contributed by atoms with Crippen molar-refractivity contribution in [3.05, 3.63) is 47.5 Å². The molecule has 5 nitrogen and oxygen atoms in total. The Morgan fingerprint density at radius 1 is 1.33 bits per heavy atom. The summed E-state index contributed by atoms with van der Waals surface area (Å²) >= 11 is 0. The van der Waals surface area contributed by atoms with E-state index in [2.05, 4.69) is 10.1 Å². The largest absolute Gasteiger partial charge is 0.330 e. The van der Waals surface area contributed by atoms with Gasteiger partial charge in [0.2, 0.25) is 0 Å². The van der Waals surface area contributed by atoms with E-state index in [4.69, 9.17) is 0 Å². The molecule has 1 fully saturated rings. The lowest BCUT2D eigenvalue weighted by Crippen LogP contribution is -2.41. The number of aryl methyl sites for hydroxylation is 2. The third-order valence-corrected chi connectivity index (χ3v) is 4.77. The van der Waals surface area contributed by atoms with Gasteiger partial charge in [-0.05, 0) is 44.4 Å². The fourth-order valence-electron chi connectivity index (χ4n) is 3.55. The van der Waals surface area contributed by atoms with E-state index in [1.165, 1.54) is 19.3 Å². The van der Waals surface area contributed by atoms with E-state index in [-0.39, 0.29) is 5.91 Å². The Balaban J connectivity index is 1.89. The summed E-state index contributed by atoms with van der Waals surface area (Å²) in [5, 5.41) is 4.44. The number of hydrogen-bond donors (Lipinski definition) is 0. The van der Waals surface area contributed by atoms with Crippen molar-refractivity contribution in [3.63, 3.8) is 0 Å². The van der Waals surface area contributed by atoms with Crippen LogP contribution in [-0.2, 0) is 13.1 Å². The van der Waals surface area contributed by atoms with Crippen LogP contribution >= 0.6 is 0 Å². The molecule has 0 spiro atoms. The maximum absolute atomic E-state index is 13.3. The summed E-state index contributed by atoms with van der Waals surface area (Å²) in [7, 11) is 0. The highest BCUT2D eigenvalue weighted by atomic mass is 16.2. The third-order valence-electron chi connectivity index (χ3n) is 4.77. The zero-order chi connectivity index (χ0) is 16.9. The smallest absolute Gasteiger partial charge is 0.272 e. The summed E-state index contributed by atoms with van der Waals surface area (Å²) in [5.74, 6) is 0.0909. The highest BCUT2D eigenvalue weighted by Crippen LogP contribution is 2.26. The molecule has 1 saturated carbocycles. The van der Waals surface area contributed by atoms with Crippen molar-refractivity contribution < 1.29 is 4.79 Å². The number of rotatable bonds is 5. The van der Waals surface area contributed by atoms with Crippen LogP contribution in [0.1, 0.15) is 60.8 Å². The van der Waals surface area contributed by atoms with Crippen LogP contribution in [0.2, 0.25) is 0 Å². The highest BCUT2D eigenvalue weighted by molar-refractivity contribution is 5.93. The summed E-state index contributed by atoms with van der Waals surface area (Å²) in [6, 6.07) is 6.19. The molecule has 2 aromatic heterocycles. The van der Waals surface area contributed by atoms with Crippen molar-refractivity contribution in [2.24, 2.45) is 0 Å². The normalized spacial score (nSPS) is 15.4. The zero-order valence-corrected chi connectivity index (χ0v) is 14.6. The Morgan fingerprint density at radius 3 is 2.79 bits per heavy atom. The molecular formula is C19H26N4O. The van der Waals surface area contributed by atoms with Crippen molar-refractivity contribution in [2.45, 2.75) is 65.1 Å². The second-order valence-electron chi connectivity index (χ2n) is 6.57. The van der Waals surface area contributed by atoms with E-state index >= 15 is 0 Å². The first-order valence-corrected chi connectivity index (χ1v) is 8.93. The molecule has 1 aliphatic carbocycles. The van der Waals surface area contributed by atoms with Crippen LogP contribution in [0.25, 0.3) is 0 Å². The number of nitrogens with zero attached hydrogens (tertiary/aromatic N) is 4. The van der Waals surface area contributed by atoms with E-state index in [0.29, 0.717) is 24.8 Å². The van der Waals surface area contributed by atoms with Crippen molar-refractivity contribution in [3.8, 4) is 0 Å². The molecule has 128 valence electrons. The van der Waals surface area contributed by atoms with Gasteiger partial charge in [-0.25, -0.2) is 0 Å². The van der Waals surface area contributed by atoms with Gasteiger partial charge < -0.3 is 4.90 Å². The summed E-state index contributed by atoms with van der Waals surface area (Å²) in [4.78, 5) is 19.5. The molecular weight excluding hydrogens is 300 g/mol. The average Bonchev–Trinajstić information content (AvgIpc) is 3.01. The zero-order valence-electron chi connectivity index (χ0n) is 14.6. The molecule has 1 amide bonds. The molecule has 0 radical (unpaired) electrons. The number of carbonyl (C=O) groups excluding carboxylic acids is 1. The molecule has 24 heavy (non-hydrogen) atoms. The Labute approximate surface area is 143 Å². The number of aromatic nitrogens is 3. The molecule has 0 saturated heterocycles. The Morgan fingerprint density at radius 2 is 2.12 bits per heavy atom. The topological polar surface area (TPSA) is 51.0 Å². The van der Waals surface area contributed by atoms with Crippen molar-refractivity contribution in [1.82, 2.24) is 19.7 Å². The van der Waals surface area contributed by atoms with Crippen molar-refractivity contribution in [2.75, 3.05) is 0 Å². The summed E-state index contributed by atoms with van der Waals surface area (Å²) in [6.07, 6.45) is 9.48. The van der Waals surface area contributed by atoms with Crippen LogP contribution in [0, 0.1) is 6.92 Å². The van der Waals surface area contributed by atoms with E-state index in [0.717, 1.165) is 24.1 Å². The second-order valence-corrected chi connectivity index (χ2v) is 6.57. The maximum Gasteiger partial charge on any atom is 0.272 e. The summed E-state index contributed by atoms with van der Waals surface area (Å²) in [5.41, 5.74) is 2.67. The van der Waals surface area contributed by atoms with E-state index < -0.39 is 0 Å². The minimum absolute atomic E-state index is 0.0909. The maximum atomic E-state index is 13.3. The fourth-order valence-corrected chi connectivity index (χ4v) is 3.55. The predicted molar refractivity (Wildman–Crippen MR) is 93.6 cm³/mol. The lowest BCUT2D eigenvalue weighted by atomic mass is 9.93. The molecule has 0 atom stereocenters. The second kappa shape index (κ2) is 7.60. The van der Waals surface area contributed by atoms with Gasteiger partial charge in [-0.3, -0.25) is 14.5 Å². The van der Waals surface area contributed by atoms with Crippen LogP contribution in [0.15, 0.2) is 30.6 Å². The van der Waals surface area contributed by atoms with Gasteiger partial charge in [-0.15, -0.1) is 0 Å². The van der Waals surface area contributed by atoms with Gasteiger partial charge in [0.25, 0.3) is 5.91 Å². The van der Waals surface area contributed by atoms with E-state index in [9.17, 15) is 4.79 Å². The molecule has 0 bridgehead atoms. The van der Waals surface area contributed by atoms with Crippen LogP contribution in [0.4, 0.5) is 0 Å². The van der Waals surface area contributed by atoms with E-state index in [1.54, 1.807) is 6.20 Å². The first-order chi connectivity index (χ1) is 11.7. The quantitative estimate of drug-likeness (QED) is 0.844.